The van der Waals surface area contributed by atoms with Gasteiger partial charge in [-0.2, -0.15) is 0 Å². The van der Waals surface area contributed by atoms with E-state index in [1.807, 2.05) is 0 Å². The number of anilines is 2. The van der Waals surface area contributed by atoms with Crippen molar-refractivity contribution in [2.24, 2.45) is 0 Å². The van der Waals surface area contributed by atoms with Crippen molar-refractivity contribution in [1.29, 1.82) is 0 Å². The van der Waals surface area contributed by atoms with E-state index >= 15 is 0 Å². The number of ether oxygens (including phenoxy) is 2. The number of hydrogen-bond donors (Lipinski definition) is 2. The summed E-state index contributed by atoms with van der Waals surface area (Å²) in [5.41, 5.74) is 7.07. The Morgan fingerprint density at radius 1 is 1.05 bits per heavy atom. The molecule has 0 saturated carbocycles. The van der Waals surface area contributed by atoms with Crippen LogP contribution in [0.25, 0.3) is 0 Å². The minimum Gasteiger partial charge on any atom is -0.493 e. The predicted octanol–water partition coefficient (Wildman–Crippen LogP) is 3.18. The second-order valence-corrected chi connectivity index (χ2v) is 4.38. The summed E-state index contributed by atoms with van der Waals surface area (Å²) in [6, 6.07) is 6.54. The molecule has 0 amide bonds. The van der Waals surface area contributed by atoms with Crippen LogP contribution in [0.4, 0.5) is 20.2 Å². The summed E-state index contributed by atoms with van der Waals surface area (Å²) in [4.78, 5) is 0. The van der Waals surface area contributed by atoms with Crippen molar-refractivity contribution in [2.45, 2.75) is 6.54 Å². The molecule has 0 aromatic heterocycles. The number of methoxy groups -OCH3 is 2. The fourth-order valence-corrected chi connectivity index (χ4v) is 1.92. The molecule has 6 heteroatoms. The highest BCUT2D eigenvalue weighted by Crippen LogP contribution is 2.35. The van der Waals surface area contributed by atoms with E-state index in [0.29, 0.717) is 22.9 Å². The van der Waals surface area contributed by atoms with Crippen molar-refractivity contribution in [2.75, 3.05) is 25.3 Å². The molecular formula is C15H16F2N2O2. The quantitative estimate of drug-likeness (QED) is 0.832. The minimum atomic E-state index is -0.492. The molecule has 0 heterocycles. The molecule has 2 rings (SSSR count). The Hall–Kier alpha value is -2.50. The Morgan fingerprint density at radius 3 is 2.38 bits per heavy atom. The van der Waals surface area contributed by atoms with Gasteiger partial charge < -0.3 is 20.5 Å². The molecule has 0 fully saturated rings. The van der Waals surface area contributed by atoms with Crippen molar-refractivity contribution in [1.82, 2.24) is 0 Å². The van der Waals surface area contributed by atoms with E-state index in [0.717, 1.165) is 18.2 Å². The minimum absolute atomic E-state index is 0.100. The van der Waals surface area contributed by atoms with E-state index in [9.17, 15) is 8.78 Å². The summed E-state index contributed by atoms with van der Waals surface area (Å²) < 4.78 is 37.0. The number of benzene rings is 2. The topological polar surface area (TPSA) is 56.5 Å². The number of nitrogen functional groups attached to an aromatic ring is 1. The lowest BCUT2D eigenvalue weighted by atomic mass is 10.2. The maximum Gasteiger partial charge on any atom is 0.162 e. The third kappa shape index (κ3) is 3.34. The monoisotopic (exact) mass is 294 g/mol. The molecular weight excluding hydrogens is 278 g/mol. The van der Waals surface area contributed by atoms with Gasteiger partial charge in [0, 0.05) is 24.2 Å². The molecule has 0 aliphatic rings. The van der Waals surface area contributed by atoms with Gasteiger partial charge in [-0.3, -0.25) is 0 Å². The van der Waals surface area contributed by atoms with E-state index in [2.05, 4.69) is 5.32 Å². The van der Waals surface area contributed by atoms with Crippen LogP contribution in [0.5, 0.6) is 11.5 Å². The maximum absolute atomic E-state index is 13.6. The number of nitrogens with two attached hydrogens (primary N) is 1. The molecule has 3 N–H and O–H groups in total. The van der Waals surface area contributed by atoms with Crippen LogP contribution in [0.1, 0.15) is 5.56 Å². The van der Waals surface area contributed by atoms with Crippen molar-refractivity contribution in [3.63, 3.8) is 0 Å². The third-order valence-electron chi connectivity index (χ3n) is 3.03. The third-order valence-corrected chi connectivity index (χ3v) is 3.03. The van der Waals surface area contributed by atoms with E-state index in [-0.39, 0.29) is 12.1 Å². The Balaban J connectivity index is 2.21. The number of halogens is 2. The second-order valence-electron chi connectivity index (χ2n) is 4.38. The largest absolute Gasteiger partial charge is 0.493 e. The Labute approximate surface area is 121 Å². The first-order valence-corrected chi connectivity index (χ1v) is 6.24. The first-order valence-electron chi connectivity index (χ1n) is 6.24. The first kappa shape index (κ1) is 14.9. The molecule has 4 nitrogen and oxygen atoms in total. The molecule has 21 heavy (non-hydrogen) atoms. The van der Waals surface area contributed by atoms with Gasteiger partial charge in [-0.25, -0.2) is 8.78 Å². The van der Waals surface area contributed by atoms with Crippen LogP contribution in [-0.4, -0.2) is 14.2 Å². The SMILES string of the molecule is COc1cc(N)c(NCc2cc(F)ccc2F)cc1OC. The van der Waals surface area contributed by atoms with E-state index in [1.165, 1.54) is 14.2 Å². The Morgan fingerprint density at radius 2 is 1.71 bits per heavy atom. The zero-order valence-corrected chi connectivity index (χ0v) is 11.7. The Kier molecular flexibility index (Phi) is 4.47. The van der Waals surface area contributed by atoms with E-state index < -0.39 is 11.6 Å². The highest BCUT2D eigenvalue weighted by atomic mass is 19.1. The number of nitrogens with one attached hydrogen (secondary N) is 1. The van der Waals surface area contributed by atoms with Crippen LogP contribution in [0, 0.1) is 11.6 Å². The second kappa shape index (κ2) is 6.30. The molecule has 0 spiro atoms. The zero-order chi connectivity index (χ0) is 15.4. The van der Waals surface area contributed by atoms with Gasteiger partial charge in [0.05, 0.1) is 25.6 Å². The van der Waals surface area contributed by atoms with Gasteiger partial charge in [0.1, 0.15) is 11.6 Å². The van der Waals surface area contributed by atoms with Gasteiger partial charge in [0.25, 0.3) is 0 Å². The van der Waals surface area contributed by atoms with Crippen LogP contribution in [0.15, 0.2) is 30.3 Å². The van der Waals surface area contributed by atoms with E-state index in [1.54, 1.807) is 12.1 Å². The fourth-order valence-electron chi connectivity index (χ4n) is 1.92. The Bertz CT molecular complexity index is 648. The smallest absolute Gasteiger partial charge is 0.162 e. The fraction of sp³-hybridized carbons (Fsp3) is 0.200. The molecule has 112 valence electrons. The van der Waals surface area contributed by atoms with Crippen LogP contribution < -0.4 is 20.5 Å². The van der Waals surface area contributed by atoms with Crippen molar-refractivity contribution in [3.8, 4) is 11.5 Å². The summed E-state index contributed by atoms with van der Waals surface area (Å²) in [6.45, 7) is 0.100. The number of hydrogen-bond acceptors (Lipinski definition) is 4. The molecule has 0 radical (unpaired) electrons. The molecule has 0 unspecified atom stereocenters. The van der Waals surface area contributed by atoms with Crippen molar-refractivity contribution in [3.05, 3.63) is 47.5 Å². The zero-order valence-electron chi connectivity index (χ0n) is 11.7. The van der Waals surface area contributed by atoms with Gasteiger partial charge in [0.15, 0.2) is 11.5 Å². The lowest BCUT2D eigenvalue weighted by molar-refractivity contribution is 0.355. The van der Waals surface area contributed by atoms with E-state index in [4.69, 9.17) is 15.2 Å². The molecule has 0 bridgehead atoms. The molecule has 2 aromatic carbocycles. The maximum atomic E-state index is 13.6. The van der Waals surface area contributed by atoms with Gasteiger partial charge in [-0.15, -0.1) is 0 Å². The average molecular weight is 294 g/mol. The summed E-state index contributed by atoms with van der Waals surface area (Å²) in [5, 5.41) is 2.96. The summed E-state index contributed by atoms with van der Waals surface area (Å²) >= 11 is 0. The van der Waals surface area contributed by atoms with Crippen molar-refractivity contribution >= 4 is 11.4 Å². The summed E-state index contributed by atoms with van der Waals surface area (Å²) in [6.07, 6.45) is 0. The predicted molar refractivity (Wildman–Crippen MR) is 77.6 cm³/mol. The molecule has 2 aromatic rings. The number of rotatable bonds is 5. The van der Waals surface area contributed by atoms with Crippen LogP contribution >= 0.6 is 0 Å². The molecule has 0 atom stereocenters. The lowest BCUT2D eigenvalue weighted by Crippen LogP contribution is -2.05. The first-order chi connectivity index (χ1) is 10.0. The van der Waals surface area contributed by atoms with Crippen LogP contribution in [0.2, 0.25) is 0 Å². The highest BCUT2D eigenvalue weighted by molar-refractivity contribution is 5.72. The van der Waals surface area contributed by atoms with Gasteiger partial charge in [-0.1, -0.05) is 0 Å². The van der Waals surface area contributed by atoms with Crippen molar-refractivity contribution < 1.29 is 18.3 Å². The van der Waals surface area contributed by atoms with Gasteiger partial charge in [-0.05, 0) is 18.2 Å². The molecule has 0 aliphatic carbocycles. The summed E-state index contributed by atoms with van der Waals surface area (Å²) in [7, 11) is 3.01. The van der Waals surface area contributed by atoms with Crippen LogP contribution in [-0.2, 0) is 6.54 Å². The molecule has 0 saturated heterocycles. The van der Waals surface area contributed by atoms with Gasteiger partial charge in [0.2, 0.25) is 0 Å². The van der Waals surface area contributed by atoms with Gasteiger partial charge >= 0.3 is 0 Å². The normalized spacial score (nSPS) is 10.3. The summed E-state index contributed by atoms with van der Waals surface area (Å²) in [5.74, 6) is 0.0165. The lowest BCUT2D eigenvalue weighted by Gasteiger charge is -2.14. The van der Waals surface area contributed by atoms with Crippen LogP contribution in [0.3, 0.4) is 0 Å². The average Bonchev–Trinajstić information content (AvgIpc) is 2.48. The highest BCUT2D eigenvalue weighted by Gasteiger charge is 2.10. The molecule has 0 aliphatic heterocycles. The standard InChI is InChI=1S/C15H16F2N2O2/c1-20-14-6-12(18)13(7-15(14)21-2)19-8-9-5-10(16)3-4-11(9)17/h3-7,19H,8,18H2,1-2H3.